The number of hydrogen-bond acceptors (Lipinski definition) is 4. The third kappa shape index (κ3) is 5.16. The Kier molecular flexibility index (Phi) is 4.36. The van der Waals surface area contributed by atoms with Gasteiger partial charge in [0.05, 0.1) is 0 Å². The molecule has 0 aliphatic heterocycles. The van der Waals surface area contributed by atoms with E-state index in [-0.39, 0.29) is 12.2 Å². The maximum atomic E-state index is 10.6. The highest BCUT2D eigenvalue weighted by Crippen LogP contribution is 1.84. The molecule has 0 aromatic heterocycles. The van der Waals surface area contributed by atoms with Gasteiger partial charge >= 0.3 is 5.97 Å². The van der Waals surface area contributed by atoms with Gasteiger partial charge in [-0.05, 0) is 13.0 Å². The van der Waals surface area contributed by atoms with Gasteiger partial charge in [-0.3, -0.25) is 9.59 Å². The number of rotatable bonds is 3. The molecule has 0 spiro atoms. The molecule has 0 saturated carbocycles. The zero-order valence-corrected chi connectivity index (χ0v) is 6.62. The van der Waals surface area contributed by atoms with E-state index in [9.17, 15) is 14.4 Å². The van der Waals surface area contributed by atoms with E-state index in [2.05, 4.69) is 11.4 Å². The van der Waals surface area contributed by atoms with E-state index in [0.29, 0.717) is 0 Å². The minimum absolute atomic E-state index is 0.326. The van der Waals surface area contributed by atoms with Gasteiger partial charge in [0.2, 0.25) is 0 Å². The maximum Gasteiger partial charge on any atom is 0.339 e. The van der Waals surface area contributed by atoms with Crippen LogP contribution in [0.4, 0.5) is 0 Å². The second-order valence-electron chi connectivity index (χ2n) is 2.02. The monoisotopic (exact) mass is 171 g/mol. The fourth-order valence-electron chi connectivity index (χ4n) is 0.388. The van der Waals surface area contributed by atoms with Gasteiger partial charge in [0.15, 0.2) is 0 Å². The van der Waals surface area contributed by atoms with E-state index in [1.54, 1.807) is 5.48 Å². The highest BCUT2D eigenvalue weighted by molar-refractivity contribution is 5.95. The van der Waals surface area contributed by atoms with E-state index in [4.69, 9.17) is 0 Å². The minimum atomic E-state index is -0.794. The molecule has 12 heavy (non-hydrogen) atoms. The molecule has 0 atom stereocenters. The van der Waals surface area contributed by atoms with E-state index in [1.165, 1.54) is 6.92 Å². The zero-order valence-electron chi connectivity index (χ0n) is 6.62. The first-order valence-corrected chi connectivity index (χ1v) is 3.17. The van der Waals surface area contributed by atoms with E-state index in [1.807, 2.05) is 0 Å². The first-order chi connectivity index (χ1) is 5.56. The summed E-state index contributed by atoms with van der Waals surface area (Å²) < 4.78 is 0. The number of carbonyl (C=O) groups is 3. The summed E-state index contributed by atoms with van der Waals surface area (Å²) in [6, 6.07) is 0. The van der Waals surface area contributed by atoms with Gasteiger partial charge in [0, 0.05) is 0 Å². The molecule has 0 bridgehead atoms. The van der Waals surface area contributed by atoms with Crippen molar-refractivity contribution in [1.82, 2.24) is 5.48 Å². The first kappa shape index (κ1) is 10.3. The van der Waals surface area contributed by atoms with Crippen LogP contribution in [0.5, 0.6) is 0 Å². The molecule has 5 nitrogen and oxygen atoms in total. The van der Waals surface area contributed by atoms with Crippen LogP contribution in [-0.2, 0) is 19.2 Å². The van der Waals surface area contributed by atoms with Crippen LogP contribution in [0, 0.1) is 0 Å². The summed E-state index contributed by atoms with van der Waals surface area (Å²) in [7, 11) is 0. The molecule has 0 aromatic carbocycles. The molecule has 0 radical (unpaired) electrons. The van der Waals surface area contributed by atoms with Crippen LogP contribution in [0.1, 0.15) is 13.3 Å². The predicted molar refractivity (Wildman–Crippen MR) is 39.7 cm³/mol. The quantitative estimate of drug-likeness (QED) is 0.360. The van der Waals surface area contributed by atoms with Crippen LogP contribution in [0.25, 0.3) is 0 Å². The van der Waals surface area contributed by atoms with Crippen molar-refractivity contribution in [2.24, 2.45) is 0 Å². The van der Waals surface area contributed by atoms with Crippen LogP contribution >= 0.6 is 0 Å². The van der Waals surface area contributed by atoms with Crippen LogP contribution in [0.3, 0.4) is 0 Å². The van der Waals surface area contributed by atoms with Gasteiger partial charge in [-0.1, -0.05) is 6.58 Å². The van der Waals surface area contributed by atoms with Crippen LogP contribution in [0.2, 0.25) is 0 Å². The summed E-state index contributed by atoms with van der Waals surface area (Å²) in [5.41, 5.74) is 1.78. The van der Waals surface area contributed by atoms with Crippen molar-refractivity contribution in [3.63, 3.8) is 0 Å². The third-order valence-corrected chi connectivity index (χ3v) is 0.844. The van der Waals surface area contributed by atoms with Crippen molar-refractivity contribution in [1.29, 1.82) is 0 Å². The average molecular weight is 171 g/mol. The topological polar surface area (TPSA) is 72.5 Å². The Morgan fingerprint density at radius 3 is 2.50 bits per heavy atom. The highest BCUT2D eigenvalue weighted by atomic mass is 16.7. The molecular formula is C7H9NO4. The summed E-state index contributed by atoms with van der Waals surface area (Å²) in [5, 5.41) is 0. The number of carbonyl (C=O) groups excluding carboxylic acids is 3. The lowest BCUT2D eigenvalue weighted by Crippen LogP contribution is -2.25. The van der Waals surface area contributed by atoms with Crippen LogP contribution < -0.4 is 5.48 Å². The minimum Gasteiger partial charge on any atom is -0.340 e. The Labute approximate surface area is 69.3 Å². The van der Waals surface area contributed by atoms with Gasteiger partial charge in [-0.25, -0.2) is 4.79 Å². The summed E-state index contributed by atoms with van der Waals surface area (Å²) >= 11 is 0. The van der Waals surface area contributed by atoms with Gasteiger partial charge in [0.25, 0.3) is 5.91 Å². The Morgan fingerprint density at radius 1 is 1.50 bits per heavy atom. The predicted octanol–water partition coefficient (Wildman–Crippen LogP) is -0.274. The second-order valence-corrected chi connectivity index (χ2v) is 2.02. The van der Waals surface area contributed by atoms with Gasteiger partial charge in [-0.2, -0.15) is 5.48 Å². The fourth-order valence-corrected chi connectivity index (χ4v) is 0.388. The molecule has 66 valence electrons. The van der Waals surface area contributed by atoms with E-state index in [0.717, 1.165) is 6.08 Å². The van der Waals surface area contributed by atoms with Gasteiger partial charge in [-0.15, -0.1) is 0 Å². The number of hydroxylamine groups is 1. The number of nitrogens with one attached hydrogen (secondary N) is 1. The SMILES string of the molecule is C=CC(=O)NOC(=O)CC(C)=O. The van der Waals surface area contributed by atoms with Crippen molar-refractivity contribution in [2.75, 3.05) is 0 Å². The van der Waals surface area contributed by atoms with Crippen molar-refractivity contribution < 1.29 is 19.2 Å². The fraction of sp³-hybridized carbons (Fsp3) is 0.286. The van der Waals surface area contributed by atoms with Crippen molar-refractivity contribution in [3.05, 3.63) is 12.7 Å². The Hall–Kier alpha value is -1.65. The average Bonchev–Trinajstić information content (AvgIpc) is 1.99. The molecule has 0 rings (SSSR count). The van der Waals surface area contributed by atoms with Crippen molar-refractivity contribution >= 4 is 17.7 Å². The molecule has 1 amide bonds. The molecule has 0 fully saturated rings. The van der Waals surface area contributed by atoms with Crippen molar-refractivity contribution in [3.8, 4) is 0 Å². The molecular weight excluding hydrogens is 162 g/mol. The van der Waals surface area contributed by atoms with Crippen LogP contribution in [-0.4, -0.2) is 17.7 Å². The lowest BCUT2D eigenvalue weighted by atomic mass is 10.3. The number of amides is 1. The summed E-state index contributed by atoms with van der Waals surface area (Å²) in [6.07, 6.45) is 0.596. The summed E-state index contributed by atoms with van der Waals surface area (Å²) in [4.78, 5) is 35.5. The highest BCUT2D eigenvalue weighted by Gasteiger charge is 2.07. The molecule has 5 heteroatoms. The molecule has 1 N–H and O–H groups in total. The number of Topliss-reactive ketones (excluding diaryl/α,β-unsaturated/α-hetero) is 1. The lowest BCUT2D eigenvalue weighted by molar-refractivity contribution is -0.157. The number of hydrogen-bond donors (Lipinski definition) is 1. The standard InChI is InChI=1S/C7H9NO4/c1-3-6(10)8-12-7(11)4-5(2)9/h3H,1,4H2,2H3,(H,8,10). The Balaban J connectivity index is 3.64. The Bertz CT molecular complexity index is 221. The third-order valence-electron chi connectivity index (χ3n) is 0.844. The maximum absolute atomic E-state index is 10.6. The summed E-state index contributed by atoms with van der Waals surface area (Å²) in [5.74, 6) is -1.75. The molecule has 0 heterocycles. The normalized spacial score (nSPS) is 8.42. The molecule has 0 aliphatic rings. The molecule has 0 aliphatic carbocycles. The number of ketones is 1. The van der Waals surface area contributed by atoms with Gasteiger partial charge in [0.1, 0.15) is 12.2 Å². The first-order valence-electron chi connectivity index (χ1n) is 3.17. The van der Waals surface area contributed by atoms with E-state index < -0.39 is 11.9 Å². The van der Waals surface area contributed by atoms with Crippen LogP contribution in [0.15, 0.2) is 12.7 Å². The molecule has 0 unspecified atom stereocenters. The second kappa shape index (κ2) is 5.06. The largest absolute Gasteiger partial charge is 0.340 e. The lowest BCUT2D eigenvalue weighted by Gasteiger charge is -2.00. The molecule has 0 saturated heterocycles. The smallest absolute Gasteiger partial charge is 0.339 e. The molecule has 0 aromatic rings. The van der Waals surface area contributed by atoms with Gasteiger partial charge < -0.3 is 4.84 Å². The summed E-state index contributed by atoms with van der Waals surface area (Å²) in [6.45, 7) is 4.38. The zero-order chi connectivity index (χ0) is 9.56. The Morgan fingerprint density at radius 2 is 2.08 bits per heavy atom. The van der Waals surface area contributed by atoms with Crippen molar-refractivity contribution in [2.45, 2.75) is 13.3 Å². The van der Waals surface area contributed by atoms with E-state index >= 15 is 0 Å².